The van der Waals surface area contributed by atoms with E-state index >= 15 is 0 Å². The van der Waals surface area contributed by atoms with Crippen LogP contribution in [0.4, 0.5) is 4.39 Å². The smallest absolute Gasteiger partial charge is 0.137 e. The molecule has 0 spiro atoms. The molecule has 2 aliphatic rings. The van der Waals surface area contributed by atoms with E-state index in [-0.39, 0.29) is 11.9 Å². The fourth-order valence-electron chi connectivity index (χ4n) is 3.70. The van der Waals surface area contributed by atoms with E-state index in [9.17, 15) is 9.50 Å². The minimum absolute atomic E-state index is 0.117. The van der Waals surface area contributed by atoms with E-state index in [2.05, 4.69) is 12.2 Å². The first-order valence-electron chi connectivity index (χ1n) is 7.94. The van der Waals surface area contributed by atoms with Crippen molar-refractivity contribution in [3.8, 4) is 0 Å². The number of nitrogens with one attached hydrogen (secondary N) is 1. The van der Waals surface area contributed by atoms with Crippen molar-refractivity contribution in [2.45, 2.75) is 55.6 Å². The first kappa shape index (κ1) is 15.3. The van der Waals surface area contributed by atoms with Gasteiger partial charge in [0.25, 0.3) is 0 Å². The van der Waals surface area contributed by atoms with Crippen LogP contribution < -0.4 is 5.32 Å². The molecule has 1 aromatic rings. The van der Waals surface area contributed by atoms with E-state index in [0.717, 1.165) is 41.9 Å². The van der Waals surface area contributed by atoms with Crippen molar-refractivity contribution < 1.29 is 9.50 Å². The highest BCUT2D eigenvalue weighted by atomic mass is 32.2. The Morgan fingerprint density at radius 3 is 3.10 bits per heavy atom. The molecule has 21 heavy (non-hydrogen) atoms. The van der Waals surface area contributed by atoms with E-state index in [1.807, 2.05) is 6.07 Å². The number of hydrogen-bond acceptors (Lipinski definition) is 3. The zero-order valence-corrected chi connectivity index (χ0v) is 13.4. The molecule has 3 rings (SSSR count). The highest BCUT2D eigenvalue weighted by Gasteiger charge is 2.33. The Morgan fingerprint density at radius 1 is 1.43 bits per heavy atom. The number of benzene rings is 1. The van der Waals surface area contributed by atoms with E-state index in [1.54, 1.807) is 17.8 Å². The topological polar surface area (TPSA) is 32.3 Å². The van der Waals surface area contributed by atoms with Gasteiger partial charge in [0.2, 0.25) is 0 Å². The van der Waals surface area contributed by atoms with Crippen LogP contribution >= 0.6 is 11.8 Å². The highest BCUT2D eigenvalue weighted by molar-refractivity contribution is 7.99. The zero-order chi connectivity index (χ0) is 14.9. The molecule has 1 saturated carbocycles. The Labute approximate surface area is 130 Å². The van der Waals surface area contributed by atoms with E-state index in [1.165, 1.54) is 12.5 Å². The Morgan fingerprint density at radius 2 is 2.29 bits per heavy atom. The highest BCUT2D eigenvalue weighted by Crippen LogP contribution is 2.38. The van der Waals surface area contributed by atoms with Gasteiger partial charge in [-0.05, 0) is 42.6 Å². The third-order valence-corrected chi connectivity index (χ3v) is 5.93. The maximum Gasteiger partial charge on any atom is 0.137 e. The van der Waals surface area contributed by atoms with Gasteiger partial charge in [0.05, 0.1) is 5.60 Å². The normalized spacial score (nSPS) is 32.7. The standard InChI is InChI=1S/C17H24FNOS/c1-12-4-3-8-17(20,10-12)11-19-15-7-9-21-16-13(15)5-2-6-14(16)18/h2,5-6,12,15,19-20H,3-4,7-11H2,1H3. The first-order chi connectivity index (χ1) is 10.1. The van der Waals surface area contributed by atoms with Gasteiger partial charge in [0.15, 0.2) is 0 Å². The van der Waals surface area contributed by atoms with Crippen LogP contribution in [0.3, 0.4) is 0 Å². The average molecular weight is 309 g/mol. The third-order valence-electron chi connectivity index (χ3n) is 4.77. The van der Waals surface area contributed by atoms with Gasteiger partial charge in [-0.2, -0.15) is 0 Å². The van der Waals surface area contributed by atoms with Crippen LogP contribution in [-0.2, 0) is 0 Å². The molecule has 1 aliphatic carbocycles. The number of rotatable bonds is 3. The molecule has 2 nitrogen and oxygen atoms in total. The lowest BCUT2D eigenvalue weighted by Crippen LogP contribution is -2.45. The molecular weight excluding hydrogens is 285 g/mol. The van der Waals surface area contributed by atoms with Crippen molar-refractivity contribution in [1.82, 2.24) is 5.32 Å². The molecule has 3 atom stereocenters. The predicted octanol–water partition coefficient (Wildman–Crippen LogP) is 3.89. The van der Waals surface area contributed by atoms with Crippen LogP contribution in [0.15, 0.2) is 23.1 Å². The minimum Gasteiger partial charge on any atom is -0.389 e. The quantitative estimate of drug-likeness (QED) is 0.888. The minimum atomic E-state index is -0.588. The van der Waals surface area contributed by atoms with Crippen molar-refractivity contribution >= 4 is 11.8 Å². The molecule has 0 aromatic heterocycles. The molecule has 4 heteroatoms. The van der Waals surface area contributed by atoms with Crippen molar-refractivity contribution in [3.05, 3.63) is 29.6 Å². The van der Waals surface area contributed by atoms with Crippen LogP contribution in [-0.4, -0.2) is 23.0 Å². The number of aliphatic hydroxyl groups is 1. The van der Waals surface area contributed by atoms with Gasteiger partial charge in [0, 0.05) is 17.5 Å². The van der Waals surface area contributed by atoms with Crippen LogP contribution in [0.25, 0.3) is 0 Å². The van der Waals surface area contributed by atoms with Crippen molar-refractivity contribution in [2.75, 3.05) is 12.3 Å². The predicted molar refractivity (Wildman–Crippen MR) is 85.1 cm³/mol. The zero-order valence-electron chi connectivity index (χ0n) is 12.6. The largest absolute Gasteiger partial charge is 0.389 e. The van der Waals surface area contributed by atoms with Gasteiger partial charge >= 0.3 is 0 Å². The number of fused-ring (bicyclic) bond motifs is 1. The average Bonchev–Trinajstić information content (AvgIpc) is 2.45. The summed E-state index contributed by atoms with van der Waals surface area (Å²) in [4.78, 5) is 0.783. The summed E-state index contributed by atoms with van der Waals surface area (Å²) in [6.45, 7) is 2.83. The van der Waals surface area contributed by atoms with Gasteiger partial charge in [-0.25, -0.2) is 4.39 Å². The molecule has 1 heterocycles. The lowest BCUT2D eigenvalue weighted by atomic mass is 9.78. The van der Waals surface area contributed by atoms with E-state index < -0.39 is 5.60 Å². The van der Waals surface area contributed by atoms with Gasteiger partial charge in [0.1, 0.15) is 5.82 Å². The molecule has 0 bridgehead atoms. The van der Waals surface area contributed by atoms with Gasteiger partial charge in [-0.1, -0.05) is 31.9 Å². The van der Waals surface area contributed by atoms with Crippen LogP contribution in [0.5, 0.6) is 0 Å². The van der Waals surface area contributed by atoms with Gasteiger partial charge in [-0.15, -0.1) is 11.8 Å². The Balaban J connectivity index is 1.68. The summed E-state index contributed by atoms with van der Waals surface area (Å²) in [6, 6.07) is 5.49. The molecule has 3 unspecified atom stereocenters. The fraction of sp³-hybridized carbons (Fsp3) is 0.647. The van der Waals surface area contributed by atoms with Crippen LogP contribution in [0.1, 0.15) is 50.6 Å². The first-order valence-corrected chi connectivity index (χ1v) is 8.93. The molecule has 0 radical (unpaired) electrons. The monoisotopic (exact) mass is 309 g/mol. The number of hydrogen-bond donors (Lipinski definition) is 2. The summed E-state index contributed by atoms with van der Waals surface area (Å²) in [6.07, 6.45) is 5.06. The number of halogens is 1. The summed E-state index contributed by atoms with van der Waals surface area (Å²) in [7, 11) is 0. The lowest BCUT2D eigenvalue weighted by Gasteiger charge is -2.37. The van der Waals surface area contributed by atoms with Crippen molar-refractivity contribution in [3.63, 3.8) is 0 Å². The second-order valence-corrected chi connectivity index (χ2v) is 7.76. The van der Waals surface area contributed by atoms with Gasteiger partial charge < -0.3 is 10.4 Å². The molecule has 2 N–H and O–H groups in total. The fourth-order valence-corrected chi connectivity index (χ4v) is 4.85. The second kappa shape index (κ2) is 6.27. The molecule has 1 aromatic carbocycles. The van der Waals surface area contributed by atoms with E-state index in [0.29, 0.717) is 12.5 Å². The molecule has 116 valence electrons. The number of thioether (sulfide) groups is 1. The van der Waals surface area contributed by atoms with Crippen molar-refractivity contribution in [1.29, 1.82) is 0 Å². The summed E-state index contributed by atoms with van der Waals surface area (Å²) in [5.41, 5.74) is 0.467. The maximum atomic E-state index is 13.9. The Hall–Kier alpha value is -0.580. The molecule has 1 aliphatic heterocycles. The van der Waals surface area contributed by atoms with Crippen LogP contribution in [0, 0.1) is 11.7 Å². The Bertz CT molecular complexity index is 510. The molecule has 1 fully saturated rings. The summed E-state index contributed by atoms with van der Waals surface area (Å²) in [5, 5.41) is 14.2. The maximum absolute atomic E-state index is 13.9. The third kappa shape index (κ3) is 3.43. The molecule has 0 saturated heterocycles. The Kier molecular flexibility index (Phi) is 4.57. The second-order valence-electron chi connectivity index (χ2n) is 6.65. The molecule has 0 amide bonds. The lowest BCUT2D eigenvalue weighted by molar-refractivity contribution is -0.0139. The summed E-state index contributed by atoms with van der Waals surface area (Å²) < 4.78 is 13.9. The van der Waals surface area contributed by atoms with E-state index in [4.69, 9.17) is 0 Å². The van der Waals surface area contributed by atoms with Crippen molar-refractivity contribution in [2.24, 2.45) is 5.92 Å². The van der Waals surface area contributed by atoms with Gasteiger partial charge in [-0.3, -0.25) is 0 Å². The SMILES string of the molecule is CC1CCCC(O)(CNC2CCSc3c(F)cccc32)C1. The van der Waals surface area contributed by atoms with Crippen LogP contribution in [0.2, 0.25) is 0 Å². The summed E-state index contributed by atoms with van der Waals surface area (Å²) in [5.74, 6) is 1.41. The molecular formula is C17H24FNOS. The summed E-state index contributed by atoms with van der Waals surface area (Å²) >= 11 is 1.60.